The van der Waals surface area contributed by atoms with E-state index in [0.29, 0.717) is 17.0 Å². The summed E-state index contributed by atoms with van der Waals surface area (Å²) < 4.78 is 27.8. The third-order valence-electron chi connectivity index (χ3n) is 6.04. The van der Waals surface area contributed by atoms with Crippen LogP contribution >= 0.6 is 0 Å². The lowest BCUT2D eigenvalue weighted by Crippen LogP contribution is -2.50. The average Bonchev–Trinajstić information content (AvgIpc) is 2.76. The standard InChI is InChI=1S/C25H32FN3O2Si/c1-16(2)32(17(3)4,18(5)6)31-24-13-21(30-7)12-22(25(24)26)23(15-28)29-20-10-8-19(14-27)9-11-20/h8-13,16-18,23,29H,1-7H3. The monoisotopic (exact) mass is 453 g/mol. The van der Waals surface area contributed by atoms with Crippen LogP contribution in [0.5, 0.6) is 11.5 Å². The van der Waals surface area contributed by atoms with Gasteiger partial charge in [-0.25, -0.2) is 4.39 Å². The minimum absolute atomic E-state index is 0.129. The highest BCUT2D eigenvalue weighted by atomic mass is 28.4. The second-order valence-electron chi connectivity index (χ2n) is 8.84. The lowest BCUT2D eigenvalue weighted by molar-refractivity contribution is 0.400. The maximum absolute atomic E-state index is 15.8. The molecule has 0 spiro atoms. The fraction of sp³-hybridized carbons (Fsp3) is 0.440. The summed E-state index contributed by atoms with van der Waals surface area (Å²) in [6.45, 7) is 12.8. The molecule has 0 bridgehead atoms. The molecule has 0 amide bonds. The zero-order valence-electron chi connectivity index (χ0n) is 19.9. The molecule has 7 heteroatoms. The van der Waals surface area contributed by atoms with Crippen LogP contribution < -0.4 is 14.5 Å². The number of nitrogens with zero attached hydrogens (tertiary/aromatic N) is 2. The molecule has 0 aromatic heterocycles. The van der Waals surface area contributed by atoms with Gasteiger partial charge in [0.2, 0.25) is 0 Å². The molecule has 5 nitrogen and oxygen atoms in total. The van der Waals surface area contributed by atoms with E-state index in [-0.39, 0.29) is 27.9 Å². The van der Waals surface area contributed by atoms with E-state index in [2.05, 4.69) is 59.0 Å². The van der Waals surface area contributed by atoms with Crippen LogP contribution in [0.1, 0.15) is 58.7 Å². The van der Waals surface area contributed by atoms with Crippen LogP contribution in [0.4, 0.5) is 10.1 Å². The van der Waals surface area contributed by atoms with Gasteiger partial charge in [-0.15, -0.1) is 0 Å². The molecule has 1 atom stereocenters. The Balaban J connectivity index is 2.54. The van der Waals surface area contributed by atoms with E-state index in [1.54, 1.807) is 30.3 Å². The fourth-order valence-electron chi connectivity index (χ4n) is 4.53. The summed E-state index contributed by atoms with van der Waals surface area (Å²) >= 11 is 0. The van der Waals surface area contributed by atoms with Crippen molar-refractivity contribution in [1.29, 1.82) is 10.5 Å². The zero-order chi connectivity index (χ0) is 24.1. The summed E-state index contributed by atoms with van der Waals surface area (Å²) in [5, 5.41) is 21.8. The number of halogens is 1. The average molecular weight is 454 g/mol. The van der Waals surface area contributed by atoms with E-state index in [0.717, 1.165) is 0 Å². The number of nitrogens with one attached hydrogen (secondary N) is 1. The molecule has 0 aliphatic heterocycles. The van der Waals surface area contributed by atoms with Gasteiger partial charge in [0, 0.05) is 17.3 Å². The lowest BCUT2D eigenvalue weighted by Gasteiger charge is -2.42. The van der Waals surface area contributed by atoms with Gasteiger partial charge in [0.25, 0.3) is 8.32 Å². The number of nitriles is 2. The molecule has 0 heterocycles. The number of benzene rings is 2. The third kappa shape index (κ3) is 5.06. The van der Waals surface area contributed by atoms with Crippen molar-refractivity contribution in [2.24, 2.45) is 0 Å². The predicted molar refractivity (Wildman–Crippen MR) is 128 cm³/mol. The van der Waals surface area contributed by atoms with Crippen molar-refractivity contribution >= 4 is 14.0 Å². The molecule has 1 unspecified atom stereocenters. The Labute approximate surface area is 191 Å². The van der Waals surface area contributed by atoms with Crippen LogP contribution in [-0.4, -0.2) is 15.4 Å². The molecule has 0 saturated heterocycles. The highest BCUT2D eigenvalue weighted by Crippen LogP contribution is 2.44. The van der Waals surface area contributed by atoms with Crippen LogP contribution in [-0.2, 0) is 0 Å². The number of rotatable bonds is 9. The van der Waals surface area contributed by atoms with Gasteiger partial charge in [0.15, 0.2) is 5.82 Å². The van der Waals surface area contributed by atoms with Crippen molar-refractivity contribution in [3.63, 3.8) is 0 Å². The number of ether oxygens (including phenoxy) is 1. The van der Waals surface area contributed by atoms with Gasteiger partial charge in [-0.05, 0) is 47.0 Å². The van der Waals surface area contributed by atoms with Gasteiger partial charge in [-0.2, -0.15) is 10.5 Å². The molecular formula is C25H32FN3O2Si. The maximum Gasteiger partial charge on any atom is 0.258 e. The molecule has 32 heavy (non-hydrogen) atoms. The van der Waals surface area contributed by atoms with E-state index in [1.807, 2.05) is 0 Å². The molecule has 0 fully saturated rings. The Kier molecular flexibility index (Phi) is 8.29. The molecule has 0 aliphatic carbocycles. The summed E-state index contributed by atoms with van der Waals surface area (Å²) in [4.78, 5) is 0. The molecular weight excluding hydrogens is 421 g/mol. The van der Waals surface area contributed by atoms with Crippen molar-refractivity contribution < 1.29 is 13.6 Å². The van der Waals surface area contributed by atoms with Gasteiger partial charge >= 0.3 is 0 Å². The Morgan fingerprint density at radius 2 is 1.50 bits per heavy atom. The van der Waals surface area contributed by atoms with Crippen molar-refractivity contribution in [3.8, 4) is 23.6 Å². The van der Waals surface area contributed by atoms with Gasteiger partial charge in [-0.3, -0.25) is 0 Å². The van der Waals surface area contributed by atoms with E-state index in [4.69, 9.17) is 14.4 Å². The normalized spacial score (nSPS) is 12.4. The molecule has 0 aliphatic rings. The van der Waals surface area contributed by atoms with Crippen molar-refractivity contribution in [1.82, 2.24) is 0 Å². The Morgan fingerprint density at radius 3 is 1.94 bits per heavy atom. The van der Waals surface area contributed by atoms with Gasteiger partial charge < -0.3 is 14.5 Å². The SMILES string of the molecule is COc1cc(O[Si](C(C)C)(C(C)C)C(C)C)c(F)c(C(C#N)Nc2ccc(C#N)cc2)c1. The summed E-state index contributed by atoms with van der Waals surface area (Å²) in [5.74, 6) is -0.00115. The van der Waals surface area contributed by atoms with E-state index in [9.17, 15) is 5.26 Å². The zero-order valence-corrected chi connectivity index (χ0v) is 20.9. The molecule has 2 aromatic carbocycles. The molecule has 1 N–H and O–H groups in total. The summed E-state index contributed by atoms with van der Waals surface area (Å²) in [5.41, 5.74) is 2.06. The van der Waals surface area contributed by atoms with Crippen molar-refractivity contribution in [2.75, 3.05) is 12.4 Å². The number of methoxy groups -OCH3 is 1. The van der Waals surface area contributed by atoms with Crippen LogP contribution in [0, 0.1) is 28.5 Å². The Morgan fingerprint density at radius 1 is 0.938 bits per heavy atom. The van der Waals surface area contributed by atoms with E-state index < -0.39 is 20.2 Å². The summed E-state index contributed by atoms with van der Waals surface area (Å²) in [6.07, 6.45) is 0. The van der Waals surface area contributed by atoms with Gasteiger partial charge in [0.1, 0.15) is 17.5 Å². The molecule has 170 valence electrons. The highest BCUT2D eigenvalue weighted by molar-refractivity contribution is 6.78. The fourth-order valence-corrected chi connectivity index (χ4v) is 9.76. The lowest BCUT2D eigenvalue weighted by atomic mass is 10.1. The van der Waals surface area contributed by atoms with E-state index >= 15 is 4.39 Å². The van der Waals surface area contributed by atoms with Crippen LogP contribution in [0.3, 0.4) is 0 Å². The molecule has 2 rings (SSSR count). The van der Waals surface area contributed by atoms with Crippen LogP contribution in [0.25, 0.3) is 0 Å². The first kappa shape index (κ1) is 25.2. The Bertz CT molecular complexity index is 986. The first-order valence-corrected chi connectivity index (χ1v) is 13.0. The van der Waals surface area contributed by atoms with Crippen LogP contribution in [0.2, 0.25) is 16.6 Å². The predicted octanol–water partition coefficient (Wildman–Crippen LogP) is 6.94. The minimum Gasteiger partial charge on any atom is -0.541 e. The van der Waals surface area contributed by atoms with Crippen molar-refractivity contribution in [3.05, 3.63) is 53.3 Å². The van der Waals surface area contributed by atoms with E-state index in [1.165, 1.54) is 13.2 Å². The van der Waals surface area contributed by atoms with Gasteiger partial charge in [0.05, 0.1) is 24.8 Å². The molecule has 2 aromatic rings. The van der Waals surface area contributed by atoms with Crippen LogP contribution in [0.15, 0.2) is 36.4 Å². The summed E-state index contributed by atoms with van der Waals surface area (Å²) in [6, 6.07) is 13.0. The number of anilines is 1. The smallest absolute Gasteiger partial charge is 0.258 e. The first-order chi connectivity index (χ1) is 15.1. The Hall–Kier alpha value is -3.03. The summed E-state index contributed by atoms with van der Waals surface area (Å²) in [7, 11) is -0.909. The largest absolute Gasteiger partial charge is 0.541 e. The second kappa shape index (κ2) is 10.5. The van der Waals surface area contributed by atoms with Gasteiger partial charge in [-0.1, -0.05) is 41.5 Å². The third-order valence-corrected chi connectivity index (χ3v) is 12.0. The first-order valence-electron chi connectivity index (χ1n) is 10.8. The number of hydrogen-bond donors (Lipinski definition) is 1. The number of hydrogen-bond acceptors (Lipinski definition) is 5. The highest BCUT2D eigenvalue weighted by Gasteiger charge is 2.47. The topological polar surface area (TPSA) is 78.1 Å². The maximum atomic E-state index is 15.8. The second-order valence-corrected chi connectivity index (χ2v) is 14.2. The quantitative estimate of drug-likeness (QED) is 0.416. The minimum atomic E-state index is -2.42. The molecule has 0 saturated carbocycles. The molecule has 0 radical (unpaired) electrons. The van der Waals surface area contributed by atoms with Crippen molar-refractivity contribution in [2.45, 2.75) is 64.2 Å².